The van der Waals surface area contributed by atoms with E-state index in [4.69, 9.17) is 5.11 Å². The van der Waals surface area contributed by atoms with Crippen LogP contribution in [0.15, 0.2) is 12.4 Å². The Morgan fingerprint density at radius 1 is 1.57 bits per heavy atom. The van der Waals surface area contributed by atoms with E-state index >= 15 is 0 Å². The number of rotatable bonds is 5. The highest BCUT2D eigenvalue weighted by Gasteiger charge is 2.27. The predicted octanol–water partition coefficient (Wildman–Crippen LogP) is -0.684. The molecule has 1 fully saturated rings. The van der Waals surface area contributed by atoms with Crippen LogP contribution in [0.4, 0.5) is 5.69 Å². The van der Waals surface area contributed by atoms with Crippen molar-refractivity contribution < 1.29 is 14.8 Å². The van der Waals surface area contributed by atoms with E-state index in [2.05, 4.69) is 10.00 Å². The van der Waals surface area contributed by atoms with Gasteiger partial charge in [0.1, 0.15) is 18.9 Å². The van der Waals surface area contributed by atoms with Gasteiger partial charge in [0.05, 0.1) is 11.5 Å². The van der Waals surface area contributed by atoms with E-state index in [0.29, 0.717) is 19.6 Å². The molecule has 1 saturated heterocycles. The molecule has 0 spiro atoms. The molecule has 116 valence electrons. The second-order valence-electron chi connectivity index (χ2n) is 5.11. The molecular formula is C12H19N5O4. The Morgan fingerprint density at radius 3 is 2.90 bits per heavy atom. The standard InChI is InChI=1S/C12H19N5O4/c1-10-7-14(4-5-18)2-3-16(10)12(19)9-15-8-11(6-13-15)17(20)21/h6,8,10,18H,2-5,7,9H2,1H3. The van der Waals surface area contributed by atoms with Crippen LogP contribution in [-0.2, 0) is 11.3 Å². The van der Waals surface area contributed by atoms with E-state index in [1.807, 2.05) is 6.92 Å². The Balaban J connectivity index is 1.92. The van der Waals surface area contributed by atoms with Crippen LogP contribution < -0.4 is 0 Å². The molecule has 1 N–H and O–H groups in total. The summed E-state index contributed by atoms with van der Waals surface area (Å²) in [6, 6.07) is 0.0448. The molecule has 2 heterocycles. The minimum absolute atomic E-state index is 0.00181. The van der Waals surface area contributed by atoms with Crippen LogP contribution in [0, 0.1) is 10.1 Å². The number of piperazine rings is 1. The average Bonchev–Trinajstić information content (AvgIpc) is 2.87. The zero-order chi connectivity index (χ0) is 15.4. The van der Waals surface area contributed by atoms with Crippen LogP contribution in [0.5, 0.6) is 0 Å². The van der Waals surface area contributed by atoms with Crippen molar-refractivity contribution in [3.63, 3.8) is 0 Å². The van der Waals surface area contributed by atoms with Crippen molar-refractivity contribution in [2.75, 3.05) is 32.8 Å². The molecule has 1 aromatic rings. The van der Waals surface area contributed by atoms with Gasteiger partial charge in [0, 0.05) is 32.2 Å². The Kier molecular flexibility index (Phi) is 4.86. The Morgan fingerprint density at radius 2 is 2.33 bits per heavy atom. The highest BCUT2D eigenvalue weighted by molar-refractivity contribution is 5.76. The van der Waals surface area contributed by atoms with Gasteiger partial charge >= 0.3 is 5.69 Å². The van der Waals surface area contributed by atoms with E-state index in [9.17, 15) is 14.9 Å². The van der Waals surface area contributed by atoms with Gasteiger partial charge < -0.3 is 10.0 Å². The van der Waals surface area contributed by atoms with E-state index in [1.165, 1.54) is 10.9 Å². The summed E-state index contributed by atoms with van der Waals surface area (Å²) in [5.74, 6) is -0.107. The van der Waals surface area contributed by atoms with Crippen LogP contribution in [-0.4, -0.2) is 74.3 Å². The number of hydrogen-bond acceptors (Lipinski definition) is 6. The molecule has 1 atom stereocenters. The first-order chi connectivity index (χ1) is 10.0. The van der Waals surface area contributed by atoms with E-state index in [1.54, 1.807) is 4.90 Å². The van der Waals surface area contributed by atoms with Crippen molar-refractivity contribution in [3.8, 4) is 0 Å². The van der Waals surface area contributed by atoms with Crippen LogP contribution in [0.2, 0.25) is 0 Å². The minimum atomic E-state index is -0.537. The molecule has 1 aromatic heterocycles. The van der Waals surface area contributed by atoms with Crippen molar-refractivity contribution in [1.29, 1.82) is 0 Å². The number of aliphatic hydroxyl groups is 1. The molecule has 2 rings (SSSR count). The van der Waals surface area contributed by atoms with Gasteiger partial charge in [-0.15, -0.1) is 0 Å². The molecular weight excluding hydrogens is 278 g/mol. The zero-order valence-electron chi connectivity index (χ0n) is 11.9. The number of amides is 1. The smallest absolute Gasteiger partial charge is 0.307 e. The van der Waals surface area contributed by atoms with Crippen molar-refractivity contribution >= 4 is 11.6 Å². The van der Waals surface area contributed by atoms with Crippen LogP contribution in [0.3, 0.4) is 0 Å². The van der Waals surface area contributed by atoms with E-state index < -0.39 is 4.92 Å². The molecule has 1 aliphatic heterocycles. The van der Waals surface area contributed by atoms with Crippen molar-refractivity contribution in [1.82, 2.24) is 19.6 Å². The lowest BCUT2D eigenvalue weighted by atomic mass is 10.2. The molecule has 9 heteroatoms. The Bertz CT molecular complexity index is 518. The summed E-state index contributed by atoms with van der Waals surface area (Å²) < 4.78 is 1.29. The number of nitro groups is 1. The number of aliphatic hydroxyl groups excluding tert-OH is 1. The van der Waals surface area contributed by atoms with Gasteiger partial charge in [-0.2, -0.15) is 5.10 Å². The number of aromatic nitrogens is 2. The number of β-amino-alcohol motifs (C(OH)–C–C–N with tert-alkyl or cyclic N) is 1. The lowest BCUT2D eigenvalue weighted by molar-refractivity contribution is -0.385. The molecule has 0 bridgehead atoms. The zero-order valence-corrected chi connectivity index (χ0v) is 11.9. The normalized spacial score (nSPS) is 19.7. The highest BCUT2D eigenvalue weighted by atomic mass is 16.6. The lowest BCUT2D eigenvalue weighted by Gasteiger charge is -2.39. The maximum Gasteiger partial charge on any atom is 0.307 e. The van der Waals surface area contributed by atoms with Gasteiger partial charge in [-0.3, -0.25) is 24.5 Å². The van der Waals surface area contributed by atoms with Crippen molar-refractivity contribution in [3.05, 3.63) is 22.5 Å². The largest absolute Gasteiger partial charge is 0.395 e. The topological polar surface area (TPSA) is 105 Å². The summed E-state index contributed by atoms with van der Waals surface area (Å²) in [4.78, 5) is 26.1. The van der Waals surface area contributed by atoms with Gasteiger partial charge in [0.15, 0.2) is 0 Å². The summed E-state index contributed by atoms with van der Waals surface area (Å²) in [7, 11) is 0. The summed E-state index contributed by atoms with van der Waals surface area (Å²) in [6.45, 7) is 4.69. The van der Waals surface area contributed by atoms with Crippen LogP contribution >= 0.6 is 0 Å². The second kappa shape index (κ2) is 6.64. The van der Waals surface area contributed by atoms with Gasteiger partial charge in [-0.1, -0.05) is 0 Å². The minimum Gasteiger partial charge on any atom is -0.395 e. The van der Waals surface area contributed by atoms with Crippen LogP contribution in [0.25, 0.3) is 0 Å². The molecule has 9 nitrogen and oxygen atoms in total. The van der Waals surface area contributed by atoms with Gasteiger partial charge in [0.25, 0.3) is 0 Å². The second-order valence-corrected chi connectivity index (χ2v) is 5.11. The molecule has 1 aliphatic rings. The molecule has 1 unspecified atom stereocenters. The fourth-order valence-electron chi connectivity index (χ4n) is 2.51. The summed E-state index contributed by atoms with van der Waals surface area (Å²) >= 11 is 0. The number of nitrogens with zero attached hydrogens (tertiary/aromatic N) is 5. The third-order valence-electron chi connectivity index (χ3n) is 3.58. The summed E-state index contributed by atoms with van der Waals surface area (Å²) in [5, 5.41) is 23.3. The van der Waals surface area contributed by atoms with E-state index in [0.717, 1.165) is 12.7 Å². The summed E-state index contributed by atoms with van der Waals surface area (Å²) in [5.41, 5.74) is -0.122. The van der Waals surface area contributed by atoms with Crippen molar-refractivity contribution in [2.24, 2.45) is 0 Å². The third kappa shape index (κ3) is 3.76. The Labute approximate surface area is 121 Å². The summed E-state index contributed by atoms with van der Waals surface area (Å²) in [6.07, 6.45) is 2.39. The SMILES string of the molecule is CC1CN(CCO)CCN1C(=O)Cn1cc([N+](=O)[O-])cn1. The highest BCUT2D eigenvalue weighted by Crippen LogP contribution is 2.12. The first-order valence-corrected chi connectivity index (χ1v) is 6.80. The average molecular weight is 297 g/mol. The molecule has 0 saturated carbocycles. The number of carbonyl (C=O) groups excluding carboxylic acids is 1. The van der Waals surface area contributed by atoms with E-state index in [-0.39, 0.29) is 30.8 Å². The molecule has 0 aliphatic carbocycles. The van der Waals surface area contributed by atoms with Crippen molar-refractivity contribution in [2.45, 2.75) is 19.5 Å². The maximum atomic E-state index is 12.2. The molecule has 0 radical (unpaired) electrons. The number of hydrogen-bond donors (Lipinski definition) is 1. The van der Waals surface area contributed by atoms with Gasteiger partial charge in [0.2, 0.25) is 5.91 Å². The molecule has 1 amide bonds. The first kappa shape index (κ1) is 15.4. The molecule has 21 heavy (non-hydrogen) atoms. The predicted molar refractivity (Wildman–Crippen MR) is 73.6 cm³/mol. The Hall–Kier alpha value is -2.00. The maximum absolute atomic E-state index is 12.2. The fraction of sp³-hybridized carbons (Fsp3) is 0.667. The monoisotopic (exact) mass is 297 g/mol. The first-order valence-electron chi connectivity index (χ1n) is 6.80. The van der Waals surface area contributed by atoms with Crippen LogP contribution in [0.1, 0.15) is 6.92 Å². The van der Waals surface area contributed by atoms with Gasteiger partial charge in [-0.05, 0) is 6.92 Å². The quantitative estimate of drug-likeness (QED) is 0.570. The molecule has 0 aromatic carbocycles. The third-order valence-corrected chi connectivity index (χ3v) is 3.58. The fourth-order valence-corrected chi connectivity index (χ4v) is 2.51. The lowest BCUT2D eigenvalue weighted by Crippen LogP contribution is -2.55. The number of carbonyl (C=O) groups is 1. The van der Waals surface area contributed by atoms with Gasteiger partial charge in [-0.25, -0.2) is 0 Å².